The fraction of sp³-hybridized carbons (Fsp3) is 0.579. The van der Waals surface area contributed by atoms with Crippen LogP contribution in [-0.2, 0) is 26.2 Å². The zero-order valence-corrected chi connectivity index (χ0v) is 14.3. The summed E-state index contributed by atoms with van der Waals surface area (Å²) in [4.78, 5) is 25.4. The normalized spacial score (nSPS) is 28.5. The molecule has 0 aliphatic heterocycles. The number of fused-ring (bicyclic) bond motifs is 3. The summed E-state index contributed by atoms with van der Waals surface area (Å²) < 4.78 is 10.6. The zero-order valence-electron chi connectivity index (χ0n) is 14.3. The van der Waals surface area contributed by atoms with Crippen LogP contribution in [0.15, 0.2) is 18.2 Å². The van der Waals surface area contributed by atoms with Gasteiger partial charge in [-0.3, -0.25) is 9.59 Å². The van der Waals surface area contributed by atoms with E-state index < -0.39 is 5.41 Å². The van der Waals surface area contributed by atoms with Gasteiger partial charge in [-0.1, -0.05) is 19.9 Å². The Bertz CT molecular complexity index is 661. The van der Waals surface area contributed by atoms with Crippen molar-refractivity contribution in [2.75, 3.05) is 14.2 Å². The van der Waals surface area contributed by atoms with Crippen LogP contribution in [0.4, 0.5) is 0 Å². The van der Waals surface area contributed by atoms with E-state index in [2.05, 4.69) is 13.8 Å². The molecule has 2 atom stereocenters. The molecule has 0 bridgehead atoms. The molecule has 2 aliphatic carbocycles. The molecule has 0 unspecified atom stereocenters. The Morgan fingerprint density at radius 2 is 1.96 bits per heavy atom. The van der Waals surface area contributed by atoms with Crippen molar-refractivity contribution in [3.63, 3.8) is 0 Å². The van der Waals surface area contributed by atoms with Crippen molar-refractivity contribution in [3.05, 3.63) is 29.3 Å². The van der Waals surface area contributed by atoms with E-state index in [0.29, 0.717) is 12.2 Å². The molecular formula is C19H24O4. The lowest BCUT2D eigenvalue weighted by Gasteiger charge is -2.53. The number of ketones is 1. The monoisotopic (exact) mass is 316 g/mol. The molecule has 0 heterocycles. The smallest absolute Gasteiger partial charge is 0.317 e. The fourth-order valence-electron chi connectivity index (χ4n) is 4.84. The summed E-state index contributed by atoms with van der Waals surface area (Å²) in [5.74, 6) is 0.647. The van der Waals surface area contributed by atoms with Gasteiger partial charge in [-0.2, -0.15) is 0 Å². The maximum absolute atomic E-state index is 12.9. The van der Waals surface area contributed by atoms with Gasteiger partial charge in [0.15, 0.2) is 0 Å². The number of hydrogen-bond donors (Lipinski definition) is 0. The van der Waals surface area contributed by atoms with Crippen molar-refractivity contribution in [1.29, 1.82) is 0 Å². The first kappa shape index (κ1) is 16.0. The van der Waals surface area contributed by atoms with Crippen LogP contribution in [0.2, 0.25) is 0 Å². The molecule has 0 N–H and O–H groups in total. The first-order chi connectivity index (χ1) is 10.8. The third-order valence-corrected chi connectivity index (χ3v) is 5.72. The van der Waals surface area contributed by atoms with Crippen LogP contribution in [0.5, 0.6) is 5.75 Å². The Morgan fingerprint density at radius 3 is 2.61 bits per heavy atom. The highest BCUT2D eigenvalue weighted by atomic mass is 16.5. The molecule has 1 aromatic carbocycles. The number of carbonyl (C=O) groups excluding carboxylic acids is 2. The third kappa shape index (κ3) is 2.27. The predicted molar refractivity (Wildman–Crippen MR) is 86.5 cm³/mol. The van der Waals surface area contributed by atoms with Gasteiger partial charge in [0.05, 0.1) is 14.2 Å². The molecule has 124 valence electrons. The number of aryl methyl sites for hydroxylation is 1. The molecule has 3 rings (SSSR count). The summed E-state index contributed by atoms with van der Waals surface area (Å²) in [5, 5.41) is 0. The van der Waals surface area contributed by atoms with Gasteiger partial charge in [0.1, 0.15) is 16.9 Å². The van der Waals surface area contributed by atoms with Crippen LogP contribution in [0.1, 0.15) is 44.2 Å². The molecule has 4 nitrogen and oxygen atoms in total. The van der Waals surface area contributed by atoms with Crippen LogP contribution in [0, 0.1) is 11.3 Å². The van der Waals surface area contributed by atoms with Crippen LogP contribution < -0.4 is 4.74 Å². The number of esters is 1. The van der Waals surface area contributed by atoms with Crippen molar-refractivity contribution in [2.45, 2.75) is 44.9 Å². The summed E-state index contributed by atoms with van der Waals surface area (Å²) >= 11 is 0. The van der Waals surface area contributed by atoms with Gasteiger partial charge in [-0.25, -0.2) is 0 Å². The predicted octanol–water partition coefficient (Wildman–Crippen LogP) is 3.06. The number of benzene rings is 1. The SMILES string of the molecule is COC(=O)[C@@]12CC(=O)CC(C)(C)[C@H]1CCc1ccc(OC)cc12. The second-order valence-corrected chi connectivity index (χ2v) is 7.46. The maximum atomic E-state index is 12.9. The van der Waals surface area contributed by atoms with E-state index in [0.717, 1.165) is 24.0 Å². The van der Waals surface area contributed by atoms with Gasteiger partial charge in [0, 0.05) is 12.8 Å². The fourth-order valence-corrected chi connectivity index (χ4v) is 4.84. The average Bonchev–Trinajstić information content (AvgIpc) is 2.52. The van der Waals surface area contributed by atoms with Crippen molar-refractivity contribution < 1.29 is 19.1 Å². The molecule has 0 amide bonds. The van der Waals surface area contributed by atoms with E-state index in [-0.39, 0.29) is 29.5 Å². The minimum absolute atomic E-state index is 0.0970. The lowest BCUT2D eigenvalue weighted by atomic mass is 9.49. The minimum Gasteiger partial charge on any atom is -0.497 e. The van der Waals surface area contributed by atoms with Crippen molar-refractivity contribution in [3.8, 4) is 5.75 Å². The van der Waals surface area contributed by atoms with Gasteiger partial charge in [-0.05, 0) is 47.4 Å². The van der Waals surface area contributed by atoms with Crippen LogP contribution >= 0.6 is 0 Å². The van der Waals surface area contributed by atoms with Crippen LogP contribution in [0.3, 0.4) is 0 Å². The van der Waals surface area contributed by atoms with Crippen molar-refractivity contribution in [1.82, 2.24) is 0 Å². The van der Waals surface area contributed by atoms with Crippen molar-refractivity contribution in [2.24, 2.45) is 11.3 Å². The standard InChI is InChI=1S/C19H24O4/c1-18(2)10-13(20)11-19(17(21)23-4)15-9-14(22-3)7-5-12(15)6-8-16(18)19/h5,7,9,16H,6,8,10-11H2,1-4H3/t16-,19-/m1/s1. The van der Waals surface area contributed by atoms with E-state index in [4.69, 9.17) is 9.47 Å². The molecule has 4 heteroatoms. The van der Waals surface area contributed by atoms with Gasteiger partial charge < -0.3 is 9.47 Å². The Kier molecular flexibility index (Phi) is 3.74. The van der Waals surface area contributed by atoms with Gasteiger partial charge in [0.25, 0.3) is 0 Å². The zero-order chi connectivity index (χ0) is 16.8. The molecule has 0 radical (unpaired) electrons. The quantitative estimate of drug-likeness (QED) is 0.787. The molecule has 1 aromatic rings. The average molecular weight is 316 g/mol. The number of rotatable bonds is 2. The Balaban J connectivity index is 2.27. The molecule has 1 fully saturated rings. The van der Waals surface area contributed by atoms with Crippen molar-refractivity contribution >= 4 is 11.8 Å². The minimum atomic E-state index is -0.879. The highest BCUT2D eigenvalue weighted by molar-refractivity contribution is 5.94. The topological polar surface area (TPSA) is 52.6 Å². The number of hydrogen-bond acceptors (Lipinski definition) is 4. The summed E-state index contributed by atoms with van der Waals surface area (Å²) in [5.41, 5.74) is 0.944. The largest absolute Gasteiger partial charge is 0.497 e. The Hall–Kier alpha value is -1.84. The van der Waals surface area contributed by atoms with Crippen LogP contribution in [-0.4, -0.2) is 26.0 Å². The summed E-state index contributed by atoms with van der Waals surface area (Å²) in [7, 11) is 3.03. The lowest BCUT2D eigenvalue weighted by Crippen LogP contribution is -2.57. The molecule has 23 heavy (non-hydrogen) atoms. The Morgan fingerprint density at radius 1 is 1.22 bits per heavy atom. The van der Waals surface area contributed by atoms with Gasteiger partial charge in [-0.15, -0.1) is 0 Å². The summed E-state index contributed by atoms with van der Waals surface area (Å²) in [6.07, 6.45) is 2.57. The van der Waals surface area contributed by atoms with E-state index in [1.807, 2.05) is 18.2 Å². The third-order valence-electron chi connectivity index (χ3n) is 5.72. The second kappa shape index (κ2) is 5.36. The summed E-state index contributed by atoms with van der Waals surface area (Å²) in [6.45, 7) is 4.19. The molecule has 0 aromatic heterocycles. The highest BCUT2D eigenvalue weighted by Gasteiger charge is 2.60. The van der Waals surface area contributed by atoms with Gasteiger partial charge >= 0.3 is 5.97 Å². The van der Waals surface area contributed by atoms with E-state index in [1.165, 1.54) is 7.11 Å². The first-order valence-electron chi connectivity index (χ1n) is 8.12. The first-order valence-corrected chi connectivity index (χ1v) is 8.12. The molecule has 2 aliphatic rings. The van der Waals surface area contributed by atoms with E-state index in [1.54, 1.807) is 7.11 Å². The highest BCUT2D eigenvalue weighted by Crippen LogP contribution is 2.57. The van der Waals surface area contributed by atoms with E-state index in [9.17, 15) is 9.59 Å². The second-order valence-electron chi connectivity index (χ2n) is 7.46. The number of Topliss-reactive ketones (excluding diaryl/α,β-unsaturated/α-hetero) is 1. The van der Waals surface area contributed by atoms with Crippen LogP contribution in [0.25, 0.3) is 0 Å². The molecule has 0 spiro atoms. The molecule has 0 saturated heterocycles. The number of ether oxygens (including phenoxy) is 2. The maximum Gasteiger partial charge on any atom is 0.317 e. The van der Waals surface area contributed by atoms with E-state index >= 15 is 0 Å². The molecular weight excluding hydrogens is 292 g/mol. The van der Waals surface area contributed by atoms with Gasteiger partial charge in [0.2, 0.25) is 0 Å². The lowest BCUT2D eigenvalue weighted by molar-refractivity contribution is -0.160. The number of methoxy groups -OCH3 is 2. The molecule has 1 saturated carbocycles. The Labute approximate surface area is 137 Å². The number of carbonyl (C=O) groups is 2. The summed E-state index contributed by atoms with van der Waals surface area (Å²) in [6, 6.07) is 5.86.